The van der Waals surface area contributed by atoms with Crippen LogP contribution in [0.1, 0.15) is 17.1 Å². The largest absolute Gasteiger partial charge is 0.449 e. The summed E-state index contributed by atoms with van der Waals surface area (Å²) in [5.74, 6) is 0.992. The number of furan rings is 1. The Balaban J connectivity index is 2.05. The fourth-order valence-corrected chi connectivity index (χ4v) is 1.55. The molecule has 17 heavy (non-hydrogen) atoms. The summed E-state index contributed by atoms with van der Waals surface area (Å²) >= 11 is 0. The van der Waals surface area contributed by atoms with E-state index in [9.17, 15) is 0 Å². The van der Waals surface area contributed by atoms with E-state index in [-0.39, 0.29) is 6.61 Å². The second-order valence-electron chi connectivity index (χ2n) is 3.55. The highest BCUT2D eigenvalue weighted by atomic mass is 16.3. The van der Waals surface area contributed by atoms with Crippen LogP contribution in [0, 0.1) is 11.3 Å². The first kappa shape index (κ1) is 11.2. The Hall–Kier alpha value is -2.25. The van der Waals surface area contributed by atoms with E-state index in [1.165, 1.54) is 0 Å². The van der Waals surface area contributed by atoms with Crippen molar-refractivity contribution in [3.63, 3.8) is 0 Å². The van der Waals surface area contributed by atoms with E-state index in [1.807, 2.05) is 30.3 Å². The normalized spacial score (nSPS) is 9.88. The summed E-state index contributed by atoms with van der Waals surface area (Å²) in [5, 5.41) is 20.9. The number of anilines is 1. The monoisotopic (exact) mass is 228 g/mol. The highest BCUT2D eigenvalue weighted by Crippen LogP contribution is 2.16. The third-order valence-corrected chi connectivity index (χ3v) is 2.41. The van der Waals surface area contributed by atoms with Crippen LogP contribution in [-0.2, 0) is 13.2 Å². The zero-order valence-electron chi connectivity index (χ0n) is 9.18. The fourth-order valence-electron chi connectivity index (χ4n) is 1.55. The average molecular weight is 228 g/mol. The minimum atomic E-state index is -0.00915. The molecule has 2 rings (SSSR count). The van der Waals surface area contributed by atoms with Crippen molar-refractivity contribution in [3.05, 3.63) is 53.5 Å². The van der Waals surface area contributed by atoms with Gasteiger partial charge in [-0.3, -0.25) is 0 Å². The third-order valence-electron chi connectivity index (χ3n) is 2.41. The molecule has 0 saturated heterocycles. The highest BCUT2D eigenvalue weighted by molar-refractivity contribution is 5.50. The van der Waals surface area contributed by atoms with Crippen LogP contribution in [0.2, 0.25) is 0 Å². The molecule has 4 heteroatoms. The van der Waals surface area contributed by atoms with Crippen molar-refractivity contribution < 1.29 is 9.52 Å². The highest BCUT2D eigenvalue weighted by Gasteiger charge is 2.03. The van der Waals surface area contributed by atoms with E-state index < -0.39 is 0 Å². The molecule has 0 radical (unpaired) electrons. The summed E-state index contributed by atoms with van der Waals surface area (Å²) < 4.78 is 5.24. The number of rotatable bonds is 4. The van der Waals surface area contributed by atoms with Crippen LogP contribution in [0.4, 0.5) is 5.69 Å². The summed E-state index contributed by atoms with van der Waals surface area (Å²) in [6.07, 6.45) is 0. The molecule has 1 aromatic carbocycles. The van der Waals surface area contributed by atoms with Crippen molar-refractivity contribution in [1.29, 1.82) is 5.26 Å². The molecule has 2 N–H and O–H groups in total. The third kappa shape index (κ3) is 2.65. The van der Waals surface area contributed by atoms with Gasteiger partial charge in [-0.05, 0) is 18.2 Å². The number of aliphatic hydroxyl groups is 1. The molecule has 0 spiro atoms. The van der Waals surface area contributed by atoms with Crippen molar-refractivity contribution in [2.45, 2.75) is 13.2 Å². The van der Waals surface area contributed by atoms with E-state index in [0.29, 0.717) is 18.1 Å². The van der Waals surface area contributed by atoms with Crippen molar-refractivity contribution in [3.8, 4) is 6.07 Å². The first-order valence-corrected chi connectivity index (χ1v) is 5.25. The van der Waals surface area contributed by atoms with E-state index in [2.05, 4.69) is 5.32 Å². The Bertz CT molecular complexity index is 540. The lowest BCUT2D eigenvalue weighted by Crippen LogP contribution is -2.01. The molecule has 0 unspecified atom stereocenters. The molecular formula is C13H12N2O2. The van der Waals surface area contributed by atoms with Gasteiger partial charge in [0.2, 0.25) is 5.76 Å². The Morgan fingerprint density at radius 3 is 2.76 bits per heavy atom. The van der Waals surface area contributed by atoms with Gasteiger partial charge in [0.15, 0.2) is 0 Å². The molecule has 0 aliphatic heterocycles. The summed E-state index contributed by atoms with van der Waals surface area (Å²) in [6.45, 7) is 0.476. The van der Waals surface area contributed by atoms with Crippen molar-refractivity contribution in [1.82, 2.24) is 0 Å². The summed E-state index contributed by atoms with van der Waals surface area (Å²) in [6, 6.07) is 12.8. The number of nitriles is 1. The van der Waals surface area contributed by atoms with Gasteiger partial charge in [-0.15, -0.1) is 0 Å². The Morgan fingerprint density at radius 2 is 2.06 bits per heavy atom. The molecule has 0 aliphatic carbocycles. The van der Waals surface area contributed by atoms with E-state index in [0.717, 1.165) is 11.3 Å². The Morgan fingerprint density at radius 1 is 1.24 bits per heavy atom. The molecule has 2 aromatic rings. The van der Waals surface area contributed by atoms with E-state index in [1.54, 1.807) is 12.1 Å². The van der Waals surface area contributed by atoms with Crippen LogP contribution < -0.4 is 5.32 Å². The molecule has 0 saturated carbocycles. The number of aliphatic hydroxyl groups excluding tert-OH is 1. The van der Waals surface area contributed by atoms with Gasteiger partial charge in [0.1, 0.15) is 11.8 Å². The maximum Gasteiger partial charge on any atom is 0.203 e. The van der Waals surface area contributed by atoms with Crippen molar-refractivity contribution in [2.24, 2.45) is 0 Å². The maximum atomic E-state index is 9.15. The van der Waals surface area contributed by atoms with Gasteiger partial charge in [0.25, 0.3) is 0 Å². The number of benzene rings is 1. The van der Waals surface area contributed by atoms with Gasteiger partial charge in [-0.25, -0.2) is 0 Å². The maximum absolute atomic E-state index is 9.15. The second kappa shape index (κ2) is 5.19. The first-order valence-electron chi connectivity index (χ1n) is 5.25. The molecule has 0 amide bonds. The first-order chi connectivity index (χ1) is 8.33. The molecular weight excluding hydrogens is 216 g/mol. The lowest BCUT2D eigenvalue weighted by Gasteiger charge is -2.08. The van der Waals surface area contributed by atoms with Crippen LogP contribution in [0.5, 0.6) is 0 Å². The SMILES string of the molecule is N#Cc1ccc(CNc2ccccc2CO)o1. The quantitative estimate of drug-likeness (QED) is 0.842. The Labute approximate surface area is 99.1 Å². The van der Waals surface area contributed by atoms with Crippen LogP contribution in [0.25, 0.3) is 0 Å². The molecule has 0 fully saturated rings. The molecule has 86 valence electrons. The number of hydrogen-bond donors (Lipinski definition) is 2. The van der Waals surface area contributed by atoms with Gasteiger partial charge in [-0.2, -0.15) is 5.26 Å². The van der Waals surface area contributed by atoms with Gasteiger partial charge < -0.3 is 14.8 Å². The van der Waals surface area contributed by atoms with Gasteiger partial charge >= 0.3 is 0 Å². The predicted molar refractivity (Wildman–Crippen MR) is 63.1 cm³/mol. The topological polar surface area (TPSA) is 69.2 Å². The van der Waals surface area contributed by atoms with Crippen molar-refractivity contribution >= 4 is 5.69 Å². The molecule has 0 bridgehead atoms. The zero-order valence-corrected chi connectivity index (χ0v) is 9.18. The molecule has 0 aliphatic rings. The average Bonchev–Trinajstić information content (AvgIpc) is 2.84. The fraction of sp³-hybridized carbons (Fsp3) is 0.154. The second-order valence-corrected chi connectivity index (χ2v) is 3.55. The van der Waals surface area contributed by atoms with E-state index >= 15 is 0 Å². The molecule has 1 heterocycles. The standard InChI is InChI=1S/C13H12N2O2/c14-7-11-5-6-12(17-11)8-15-13-4-2-1-3-10(13)9-16/h1-6,15-16H,8-9H2. The lowest BCUT2D eigenvalue weighted by molar-refractivity contribution is 0.282. The molecule has 4 nitrogen and oxygen atoms in total. The number of nitrogens with one attached hydrogen (secondary N) is 1. The molecule has 1 aromatic heterocycles. The van der Waals surface area contributed by atoms with E-state index in [4.69, 9.17) is 14.8 Å². The molecule has 0 atom stereocenters. The summed E-state index contributed by atoms with van der Waals surface area (Å²) in [7, 11) is 0. The smallest absolute Gasteiger partial charge is 0.203 e. The number of hydrogen-bond acceptors (Lipinski definition) is 4. The van der Waals surface area contributed by atoms with Crippen LogP contribution in [-0.4, -0.2) is 5.11 Å². The number of nitrogens with zero attached hydrogens (tertiary/aromatic N) is 1. The Kier molecular flexibility index (Phi) is 3.43. The number of para-hydroxylation sites is 1. The lowest BCUT2D eigenvalue weighted by atomic mass is 10.2. The van der Waals surface area contributed by atoms with Gasteiger partial charge in [0.05, 0.1) is 13.2 Å². The van der Waals surface area contributed by atoms with Crippen molar-refractivity contribution in [2.75, 3.05) is 5.32 Å². The predicted octanol–water partition coefficient (Wildman–Crippen LogP) is 2.26. The zero-order chi connectivity index (χ0) is 12.1. The summed E-state index contributed by atoms with van der Waals surface area (Å²) in [4.78, 5) is 0. The van der Waals surface area contributed by atoms with Crippen LogP contribution in [0.3, 0.4) is 0 Å². The van der Waals surface area contributed by atoms with Gasteiger partial charge in [-0.1, -0.05) is 18.2 Å². The minimum absolute atomic E-state index is 0.00915. The minimum Gasteiger partial charge on any atom is -0.449 e. The summed E-state index contributed by atoms with van der Waals surface area (Å²) in [5.41, 5.74) is 1.70. The van der Waals surface area contributed by atoms with Crippen LogP contribution >= 0.6 is 0 Å². The van der Waals surface area contributed by atoms with Crippen LogP contribution in [0.15, 0.2) is 40.8 Å². The van der Waals surface area contributed by atoms with Gasteiger partial charge in [0, 0.05) is 11.3 Å².